The maximum atomic E-state index is 14.0. The number of aryl methyl sites for hydroxylation is 1. The summed E-state index contributed by atoms with van der Waals surface area (Å²) in [5.74, 6) is 0.214. The average Bonchev–Trinajstić information content (AvgIpc) is 3.64. The van der Waals surface area contributed by atoms with Gasteiger partial charge in [0.1, 0.15) is 11.5 Å². The van der Waals surface area contributed by atoms with E-state index in [9.17, 15) is 32.4 Å². The van der Waals surface area contributed by atoms with Crippen molar-refractivity contribution in [2.45, 2.75) is 38.0 Å². The van der Waals surface area contributed by atoms with Crippen LogP contribution in [0.15, 0.2) is 103 Å². The Morgan fingerprint density at radius 2 is 1.23 bits per heavy atom. The van der Waals surface area contributed by atoms with Crippen molar-refractivity contribution in [3.05, 3.63) is 159 Å². The van der Waals surface area contributed by atoms with E-state index in [0.717, 1.165) is 49.4 Å². The third-order valence-corrected chi connectivity index (χ3v) is 12.4. The van der Waals surface area contributed by atoms with Gasteiger partial charge in [-0.3, -0.25) is 28.5 Å². The standard InChI is InChI=1S/C41H29N3O8S/c1-19-10-13-31-35(20(19)2)52-36-21(3)34(44-39(48)28-17-26-27(18-29(28)40(44)49)38(47)43(5)37(26)46)15-14-32(36)41(31)30-9-7-6-8-24(30)25-12-11-23(16-33(25)41)53(50,51)42-22(4)45/h6-18H,1-5H3,(H,42,45). The molecule has 1 spiro atoms. The molecule has 7 aromatic rings. The molecular formula is C41H29N3O8S. The van der Waals surface area contributed by atoms with Crippen LogP contribution in [0.1, 0.15) is 45.9 Å². The molecule has 1 N–H and O–H groups in total. The number of amides is 1. The molecular weight excluding hydrogens is 695 g/mol. The summed E-state index contributed by atoms with van der Waals surface area (Å²) < 4.78 is 37.7. The van der Waals surface area contributed by atoms with Gasteiger partial charge >= 0.3 is 0 Å². The van der Waals surface area contributed by atoms with Gasteiger partial charge < -0.3 is 4.74 Å². The zero-order valence-electron chi connectivity index (χ0n) is 29.1. The normalized spacial score (nSPS) is 15.6. The molecule has 0 saturated carbocycles. The highest BCUT2D eigenvalue weighted by Crippen LogP contribution is 2.63. The molecule has 53 heavy (non-hydrogen) atoms. The smallest absolute Gasteiger partial charge is 0.266 e. The molecule has 1 unspecified atom stereocenters. The van der Waals surface area contributed by atoms with Crippen LogP contribution in [0.25, 0.3) is 38.4 Å². The Bertz CT molecular complexity index is 3120. The predicted molar refractivity (Wildman–Crippen MR) is 200 cm³/mol. The van der Waals surface area contributed by atoms with Crippen molar-refractivity contribution in [2.75, 3.05) is 0 Å². The Hall–Kier alpha value is -6.40. The van der Waals surface area contributed by atoms with Gasteiger partial charge in [0.05, 0.1) is 37.5 Å². The third kappa shape index (κ3) is 4.03. The third-order valence-electron chi connectivity index (χ3n) is 11.0. The highest BCUT2D eigenvalue weighted by molar-refractivity contribution is 7.90. The summed E-state index contributed by atoms with van der Waals surface area (Å²) in [4.78, 5) is 65.5. The van der Waals surface area contributed by atoms with Gasteiger partial charge in [0.25, 0.3) is 32.3 Å². The van der Waals surface area contributed by atoms with Crippen LogP contribution in [0, 0.1) is 20.8 Å². The van der Waals surface area contributed by atoms with Gasteiger partial charge in [-0.25, -0.2) is 17.7 Å². The Morgan fingerprint density at radius 1 is 0.660 bits per heavy atom. The Kier molecular flexibility index (Phi) is 6.49. The second-order valence-corrected chi connectivity index (χ2v) is 15.5. The van der Waals surface area contributed by atoms with Crippen molar-refractivity contribution in [1.29, 1.82) is 0 Å². The summed E-state index contributed by atoms with van der Waals surface area (Å²) >= 11 is 0. The molecule has 0 bridgehead atoms. The molecule has 0 fully saturated rings. The number of ether oxygens (including phenoxy) is 1. The van der Waals surface area contributed by atoms with E-state index < -0.39 is 43.6 Å². The van der Waals surface area contributed by atoms with E-state index in [1.165, 1.54) is 25.2 Å². The van der Waals surface area contributed by atoms with Crippen LogP contribution in [0.3, 0.4) is 0 Å². The first-order valence-corrected chi connectivity index (χ1v) is 18.3. The number of fused-ring (bicyclic) bond motifs is 11. The van der Waals surface area contributed by atoms with Gasteiger partial charge in [0.2, 0.25) is 5.91 Å². The molecule has 1 aliphatic heterocycles. The topological polar surface area (TPSA) is 151 Å². The molecule has 2 aromatic heterocycles. The van der Waals surface area contributed by atoms with Gasteiger partial charge in [-0.2, -0.15) is 0 Å². The lowest BCUT2D eigenvalue weighted by Crippen LogP contribution is -2.34. The SMILES string of the molecule is CC(=O)NS(=O)(=O)c1ccc2c(c1)C1(c3ccccc3-2)c2ccc(C)c(C)c2Oc2c1ccc(-n1c(=O)c3cc4c(=O)n(C)c(=O)c4cc3c1=O)c2C. The van der Waals surface area contributed by atoms with E-state index in [1.807, 2.05) is 50.2 Å². The lowest BCUT2D eigenvalue weighted by Gasteiger charge is -2.41. The number of hydrogen-bond donors (Lipinski definition) is 1. The van der Waals surface area contributed by atoms with Crippen LogP contribution >= 0.6 is 0 Å². The van der Waals surface area contributed by atoms with Gasteiger partial charge in [-0.1, -0.05) is 48.5 Å². The summed E-state index contributed by atoms with van der Waals surface area (Å²) in [5, 5.41) is 0.159. The second-order valence-electron chi connectivity index (χ2n) is 13.8. The van der Waals surface area contributed by atoms with E-state index in [-0.39, 0.29) is 32.1 Å². The van der Waals surface area contributed by atoms with Gasteiger partial charge in [-0.15, -0.1) is 0 Å². The van der Waals surface area contributed by atoms with E-state index in [2.05, 4.69) is 4.72 Å². The van der Waals surface area contributed by atoms with Crippen molar-refractivity contribution < 1.29 is 17.9 Å². The maximum absolute atomic E-state index is 14.0. The van der Waals surface area contributed by atoms with Crippen molar-refractivity contribution in [3.63, 3.8) is 0 Å². The molecule has 2 aliphatic rings. The van der Waals surface area contributed by atoms with Gasteiger partial charge in [0, 0.05) is 30.7 Å². The van der Waals surface area contributed by atoms with Crippen LogP contribution in [-0.4, -0.2) is 23.5 Å². The number of sulfonamides is 1. The quantitative estimate of drug-likeness (QED) is 0.277. The Labute approximate surface area is 301 Å². The monoisotopic (exact) mass is 723 g/mol. The lowest BCUT2D eigenvalue weighted by atomic mass is 9.65. The molecule has 11 nitrogen and oxygen atoms in total. The number of benzene rings is 5. The van der Waals surface area contributed by atoms with E-state index in [1.54, 1.807) is 31.2 Å². The van der Waals surface area contributed by atoms with Crippen LogP contribution in [0.4, 0.5) is 0 Å². The molecule has 3 heterocycles. The van der Waals surface area contributed by atoms with Crippen LogP contribution in [-0.2, 0) is 27.3 Å². The Balaban J connectivity index is 1.37. The summed E-state index contributed by atoms with van der Waals surface area (Å²) in [6, 6.07) is 22.7. The van der Waals surface area contributed by atoms with E-state index in [0.29, 0.717) is 28.2 Å². The zero-order valence-corrected chi connectivity index (χ0v) is 29.9. The second kappa shape index (κ2) is 10.6. The summed E-state index contributed by atoms with van der Waals surface area (Å²) in [6.07, 6.45) is 0. The van der Waals surface area contributed by atoms with E-state index in [4.69, 9.17) is 4.74 Å². The Morgan fingerprint density at radius 3 is 1.87 bits per heavy atom. The van der Waals surface area contributed by atoms with Gasteiger partial charge in [-0.05, 0) is 84.5 Å². The van der Waals surface area contributed by atoms with Crippen LogP contribution < -0.4 is 31.7 Å². The fourth-order valence-electron chi connectivity index (χ4n) is 8.38. The van der Waals surface area contributed by atoms with Gasteiger partial charge in [0.15, 0.2) is 0 Å². The highest BCUT2D eigenvalue weighted by atomic mass is 32.2. The minimum Gasteiger partial charge on any atom is -0.456 e. The molecule has 5 aromatic carbocycles. The summed E-state index contributed by atoms with van der Waals surface area (Å²) in [5.41, 5.74) is 3.64. The largest absolute Gasteiger partial charge is 0.456 e. The first-order valence-electron chi connectivity index (χ1n) is 16.8. The van der Waals surface area contributed by atoms with Crippen molar-refractivity contribution >= 4 is 37.5 Å². The molecule has 0 saturated heterocycles. The minimum absolute atomic E-state index is 0.0167. The summed E-state index contributed by atoms with van der Waals surface area (Å²) in [6.45, 7) is 6.79. The van der Waals surface area contributed by atoms with Crippen molar-refractivity contribution in [3.8, 4) is 28.3 Å². The first-order chi connectivity index (χ1) is 25.2. The van der Waals surface area contributed by atoms with Crippen molar-refractivity contribution in [2.24, 2.45) is 7.05 Å². The number of hydrogen-bond acceptors (Lipinski definition) is 8. The molecule has 262 valence electrons. The molecule has 9 rings (SSSR count). The number of rotatable bonds is 3. The lowest BCUT2D eigenvalue weighted by molar-refractivity contribution is -0.117. The van der Waals surface area contributed by atoms with Crippen LogP contribution in [0.5, 0.6) is 11.5 Å². The number of nitrogens with zero attached hydrogens (tertiary/aromatic N) is 2. The number of carbonyl (C=O) groups is 1. The number of aromatic nitrogens is 2. The molecule has 1 amide bonds. The van der Waals surface area contributed by atoms with Crippen LogP contribution in [0.2, 0.25) is 0 Å². The average molecular weight is 724 g/mol. The fraction of sp³-hybridized carbons (Fsp3) is 0.146. The minimum atomic E-state index is -4.23. The predicted octanol–water partition coefficient (Wildman–Crippen LogP) is 4.66. The fourth-order valence-corrected chi connectivity index (χ4v) is 9.40. The molecule has 0 radical (unpaired) electrons. The maximum Gasteiger partial charge on any atom is 0.266 e. The number of carbonyl (C=O) groups excluding carboxylic acids is 1. The molecule has 12 heteroatoms. The zero-order chi connectivity index (χ0) is 37.5. The van der Waals surface area contributed by atoms with Crippen molar-refractivity contribution in [1.82, 2.24) is 13.9 Å². The number of nitrogens with one attached hydrogen (secondary N) is 1. The molecule has 1 aliphatic carbocycles. The van der Waals surface area contributed by atoms with E-state index >= 15 is 0 Å². The molecule has 1 atom stereocenters. The first kappa shape index (κ1) is 32.5. The summed E-state index contributed by atoms with van der Waals surface area (Å²) in [7, 11) is -2.88. The highest BCUT2D eigenvalue weighted by Gasteiger charge is 2.52.